The number of hydrogen-bond acceptors (Lipinski definition) is 3. The Labute approximate surface area is 162 Å². The first-order valence-electron chi connectivity index (χ1n) is 9.13. The molecular weight excluding hydrogens is 360 g/mol. The van der Waals surface area contributed by atoms with Crippen LogP contribution in [0.5, 0.6) is 0 Å². The Kier molecular flexibility index (Phi) is 6.65. The first kappa shape index (κ1) is 21.0. The molecule has 27 heavy (non-hydrogen) atoms. The summed E-state index contributed by atoms with van der Waals surface area (Å²) in [5, 5.41) is 2.92. The van der Waals surface area contributed by atoms with Gasteiger partial charge >= 0.3 is 0 Å². The molecule has 1 amide bonds. The van der Waals surface area contributed by atoms with Crippen LogP contribution in [0, 0.1) is 13.8 Å². The summed E-state index contributed by atoms with van der Waals surface area (Å²) < 4.78 is 26.4. The Bertz CT molecular complexity index is 903. The van der Waals surface area contributed by atoms with Gasteiger partial charge in [-0.25, -0.2) is 8.42 Å². The predicted octanol–water partition coefficient (Wildman–Crippen LogP) is 4.05. The van der Waals surface area contributed by atoms with Crippen molar-refractivity contribution in [1.29, 1.82) is 0 Å². The number of amides is 1. The van der Waals surface area contributed by atoms with Crippen molar-refractivity contribution in [3.8, 4) is 0 Å². The number of carbonyl (C=O) groups is 1. The highest BCUT2D eigenvalue weighted by molar-refractivity contribution is 7.92. The molecule has 0 unspecified atom stereocenters. The molecule has 5 nitrogen and oxygen atoms in total. The van der Waals surface area contributed by atoms with E-state index in [-0.39, 0.29) is 5.91 Å². The summed E-state index contributed by atoms with van der Waals surface area (Å²) in [6, 6.07) is 12.3. The number of rotatable bonds is 7. The Hall–Kier alpha value is -2.34. The van der Waals surface area contributed by atoms with E-state index in [0.29, 0.717) is 12.1 Å². The lowest BCUT2D eigenvalue weighted by Gasteiger charge is -2.30. The van der Waals surface area contributed by atoms with Gasteiger partial charge in [-0.3, -0.25) is 9.10 Å². The minimum atomic E-state index is -3.64. The lowest BCUT2D eigenvalue weighted by molar-refractivity contribution is -0.117. The van der Waals surface area contributed by atoms with E-state index in [1.54, 1.807) is 12.1 Å². The molecule has 0 aromatic heterocycles. The third-order valence-electron chi connectivity index (χ3n) is 4.45. The van der Waals surface area contributed by atoms with Crippen LogP contribution in [-0.4, -0.2) is 26.6 Å². The Balaban J connectivity index is 2.44. The Morgan fingerprint density at radius 2 is 1.67 bits per heavy atom. The van der Waals surface area contributed by atoms with Crippen LogP contribution in [0.3, 0.4) is 0 Å². The molecule has 0 heterocycles. The summed E-state index contributed by atoms with van der Waals surface area (Å²) in [5.41, 5.74) is 4.14. The molecule has 1 atom stereocenters. The third kappa shape index (κ3) is 5.10. The van der Waals surface area contributed by atoms with Crippen molar-refractivity contribution in [3.63, 3.8) is 0 Å². The normalized spacial score (nSPS) is 12.5. The molecule has 2 aromatic carbocycles. The number of nitrogens with zero attached hydrogens (tertiary/aromatic N) is 1. The molecule has 2 rings (SSSR count). The highest BCUT2D eigenvalue weighted by Crippen LogP contribution is 2.26. The fraction of sp³-hybridized carbons (Fsp3) is 0.381. The van der Waals surface area contributed by atoms with Gasteiger partial charge in [0.25, 0.3) is 0 Å². The zero-order valence-corrected chi connectivity index (χ0v) is 17.4. The van der Waals surface area contributed by atoms with Crippen LogP contribution in [0.2, 0.25) is 0 Å². The van der Waals surface area contributed by atoms with Crippen LogP contribution in [0.15, 0.2) is 42.5 Å². The van der Waals surface area contributed by atoms with Crippen molar-refractivity contribution in [2.75, 3.05) is 15.9 Å². The van der Waals surface area contributed by atoms with Crippen molar-refractivity contribution in [2.45, 2.75) is 46.6 Å². The van der Waals surface area contributed by atoms with Gasteiger partial charge in [0.05, 0.1) is 11.9 Å². The maximum absolute atomic E-state index is 13.0. The van der Waals surface area contributed by atoms with Crippen molar-refractivity contribution in [1.82, 2.24) is 0 Å². The number of aryl methyl sites for hydroxylation is 3. The number of sulfonamides is 1. The average molecular weight is 389 g/mol. The molecule has 0 fully saturated rings. The van der Waals surface area contributed by atoms with Crippen LogP contribution in [0.25, 0.3) is 0 Å². The summed E-state index contributed by atoms with van der Waals surface area (Å²) in [5.74, 6) is -0.331. The number of nitrogens with one attached hydrogen (secondary N) is 1. The zero-order chi connectivity index (χ0) is 20.2. The van der Waals surface area contributed by atoms with E-state index in [1.165, 1.54) is 4.31 Å². The largest absolute Gasteiger partial charge is 0.324 e. The lowest BCUT2D eigenvalue weighted by atomic mass is 10.1. The molecule has 0 saturated heterocycles. The number of hydrogen-bond donors (Lipinski definition) is 1. The monoisotopic (exact) mass is 388 g/mol. The summed E-state index contributed by atoms with van der Waals surface area (Å²) in [6.45, 7) is 7.66. The van der Waals surface area contributed by atoms with Gasteiger partial charge in [0.15, 0.2) is 0 Å². The van der Waals surface area contributed by atoms with Crippen LogP contribution in [0.4, 0.5) is 11.4 Å². The second-order valence-electron chi connectivity index (χ2n) is 6.83. The quantitative estimate of drug-likeness (QED) is 0.778. The first-order valence-corrected chi connectivity index (χ1v) is 11.0. The van der Waals surface area contributed by atoms with Gasteiger partial charge < -0.3 is 5.32 Å². The van der Waals surface area contributed by atoms with Gasteiger partial charge in [0.2, 0.25) is 15.9 Å². The van der Waals surface area contributed by atoms with E-state index >= 15 is 0 Å². The molecule has 6 heteroatoms. The third-order valence-corrected chi connectivity index (χ3v) is 5.63. The molecule has 0 aliphatic heterocycles. The van der Waals surface area contributed by atoms with Gasteiger partial charge in [-0.1, -0.05) is 38.1 Å². The second-order valence-corrected chi connectivity index (χ2v) is 8.69. The fourth-order valence-corrected chi connectivity index (χ4v) is 4.50. The van der Waals surface area contributed by atoms with Crippen LogP contribution in [0.1, 0.15) is 37.0 Å². The molecule has 1 N–H and O–H groups in total. The number of para-hydroxylation sites is 1. The van der Waals surface area contributed by atoms with Gasteiger partial charge in [-0.2, -0.15) is 0 Å². The highest BCUT2D eigenvalue weighted by Gasteiger charge is 2.32. The highest BCUT2D eigenvalue weighted by atomic mass is 32.2. The van der Waals surface area contributed by atoms with Crippen LogP contribution >= 0.6 is 0 Å². The molecule has 0 radical (unpaired) electrons. The topological polar surface area (TPSA) is 66.5 Å². The van der Waals surface area contributed by atoms with E-state index in [4.69, 9.17) is 0 Å². The number of carbonyl (C=O) groups excluding carboxylic acids is 1. The summed E-state index contributed by atoms with van der Waals surface area (Å²) in [6.07, 6.45) is 2.28. The fourth-order valence-electron chi connectivity index (χ4n) is 3.30. The predicted molar refractivity (Wildman–Crippen MR) is 112 cm³/mol. The SMILES string of the molecule is CCc1ccccc1NC(=O)[C@H](CC)N(c1cc(C)cc(C)c1)S(C)(=O)=O. The molecule has 0 aliphatic rings. The minimum Gasteiger partial charge on any atom is -0.324 e. The molecule has 0 spiro atoms. The molecular formula is C21H28N2O3S. The van der Waals surface area contributed by atoms with Crippen molar-refractivity contribution in [3.05, 3.63) is 59.2 Å². The number of benzene rings is 2. The molecule has 0 aliphatic carbocycles. The van der Waals surface area contributed by atoms with Gasteiger partial charge in [0.1, 0.15) is 6.04 Å². The molecule has 146 valence electrons. The maximum Gasteiger partial charge on any atom is 0.248 e. The van der Waals surface area contributed by atoms with E-state index in [2.05, 4.69) is 5.32 Å². The second kappa shape index (κ2) is 8.57. The van der Waals surface area contributed by atoms with Crippen LogP contribution < -0.4 is 9.62 Å². The maximum atomic E-state index is 13.0. The standard InChI is InChI=1S/C21H28N2O3S/c1-6-17-10-8-9-11-19(17)22-21(24)20(7-2)23(27(5,25)26)18-13-15(3)12-16(4)14-18/h8-14,20H,6-7H2,1-5H3,(H,22,24)/t20-/m0/s1. The average Bonchev–Trinajstić information content (AvgIpc) is 2.57. The lowest BCUT2D eigenvalue weighted by Crippen LogP contribution is -2.47. The van der Waals surface area contributed by atoms with E-state index in [9.17, 15) is 13.2 Å². The smallest absolute Gasteiger partial charge is 0.248 e. The molecule has 0 bridgehead atoms. The van der Waals surface area contributed by atoms with Gasteiger partial charge in [-0.15, -0.1) is 0 Å². The minimum absolute atomic E-state index is 0.331. The molecule has 2 aromatic rings. The van der Waals surface area contributed by atoms with Crippen LogP contribution in [-0.2, 0) is 21.2 Å². The van der Waals surface area contributed by atoms with Crippen molar-refractivity contribution < 1.29 is 13.2 Å². The zero-order valence-electron chi connectivity index (χ0n) is 16.6. The Morgan fingerprint density at radius 3 is 2.19 bits per heavy atom. The molecule has 0 saturated carbocycles. The number of anilines is 2. The van der Waals surface area contributed by atoms with Gasteiger partial charge in [-0.05, 0) is 61.6 Å². The first-order chi connectivity index (χ1) is 12.7. The van der Waals surface area contributed by atoms with Crippen molar-refractivity contribution >= 4 is 27.3 Å². The van der Waals surface area contributed by atoms with E-state index in [0.717, 1.165) is 35.1 Å². The van der Waals surface area contributed by atoms with E-state index < -0.39 is 16.1 Å². The van der Waals surface area contributed by atoms with E-state index in [1.807, 2.05) is 58.0 Å². The Morgan fingerprint density at radius 1 is 1.07 bits per heavy atom. The summed E-state index contributed by atoms with van der Waals surface area (Å²) in [4.78, 5) is 13.0. The summed E-state index contributed by atoms with van der Waals surface area (Å²) in [7, 11) is -3.64. The summed E-state index contributed by atoms with van der Waals surface area (Å²) >= 11 is 0. The van der Waals surface area contributed by atoms with Crippen molar-refractivity contribution in [2.24, 2.45) is 0 Å². The van der Waals surface area contributed by atoms with Gasteiger partial charge in [0, 0.05) is 5.69 Å².